The summed E-state index contributed by atoms with van der Waals surface area (Å²) < 4.78 is 41.2. The zero-order chi connectivity index (χ0) is 19.0. The van der Waals surface area contributed by atoms with Gasteiger partial charge >= 0.3 is 6.18 Å². The largest absolute Gasteiger partial charge is 0.416 e. The molecule has 0 unspecified atom stereocenters. The molecule has 7 heteroatoms. The molecule has 1 N–H and O–H groups in total. The van der Waals surface area contributed by atoms with Crippen molar-refractivity contribution in [2.75, 3.05) is 32.0 Å². The van der Waals surface area contributed by atoms with Gasteiger partial charge in [-0.25, -0.2) is 4.68 Å². The molecule has 4 rings (SSSR count). The molecule has 146 valence electrons. The number of nitrogens with one attached hydrogen (secondary N) is 1. The van der Waals surface area contributed by atoms with Gasteiger partial charge in [-0.15, -0.1) is 0 Å². The number of hydrogen-bond acceptors (Lipinski definition) is 3. The molecule has 0 amide bonds. The SMILES string of the molecule is CN1CCC(c2nn(-c3cccc(C(F)(F)F)c3)c3c2CCCCN3)CC1. The Bertz CT molecular complexity index is 804. The van der Waals surface area contributed by atoms with Crippen molar-refractivity contribution in [3.8, 4) is 5.69 Å². The van der Waals surface area contributed by atoms with Gasteiger partial charge in [0.25, 0.3) is 0 Å². The maximum absolute atomic E-state index is 13.2. The van der Waals surface area contributed by atoms with Crippen LogP contribution >= 0.6 is 0 Å². The monoisotopic (exact) mass is 378 g/mol. The second-order valence-electron chi connectivity index (χ2n) is 7.63. The summed E-state index contributed by atoms with van der Waals surface area (Å²) >= 11 is 0. The van der Waals surface area contributed by atoms with Crippen molar-refractivity contribution in [1.29, 1.82) is 0 Å². The predicted octanol–water partition coefficient (Wildman–Crippen LogP) is 4.45. The summed E-state index contributed by atoms with van der Waals surface area (Å²) in [4.78, 5) is 2.32. The highest BCUT2D eigenvalue weighted by Gasteiger charge is 2.32. The van der Waals surface area contributed by atoms with Crippen molar-refractivity contribution in [2.24, 2.45) is 0 Å². The smallest absolute Gasteiger partial charge is 0.370 e. The number of piperidine rings is 1. The van der Waals surface area contributed by atoms with Crippen molar-refractivity contribution < 1.29 is 13.2 Å². The standard InChI is InChI=1S/C20H25F3N4/c1-26-11-8-14(9-12-26)18-17-7-2-3-10-24-19(17)27(25-18)16-6-4-5-15(13-16)20(21,22)23/h4-6,13-14,24H,2-3,7-12H2,1H3. The van der Waals surface area contributed by atoms with Gasteiger partial charge in [-0.1, -0.05) is 6.07 Å². The van der Waals surface area contributed by atoms with Crippen LogP contribution in [-0.2, 0) is 12.6 Å². The van der Waals surface area contributed by atoms with E-state index in [1.807, 2.05) is 0 Å². The summed E-state index contributed by atoms with van der Waals surface area (Å²) in [5.74, 6) is 1.25. The lowest BCUT2D eigenvalue weighted by Crippen LogP contribution is -2.29. The summed E-state index contributed by atoms with van der Waals surface area (Å²) in [5.41, 5.74) is 2.10. The molecule has 0 aliphatic carbocycles. The van der Waals surface area contributed by atoms with E-state index in [2.05, 4.69) is 17.3 Å². The molecule has 0 atom stereocenters. The molecule has 0 radical (unpaired) electrons. The van der Waals surface area contributed by atoms with Gasteiger partial charge in [-0.05, 0) is 70.4 Å². The van der Waals surface area contributed by atoms with Crippen LogP contribution in [0.25, 0.3) is 5.69 Å². The maximum Gasteiger partial charge on any atom is 0.416 e. The van der Waals surface area contributed by atoms with E-state index >= 15 is 0 Å². The van der Waals surface area contributed by atoms with Crippen molar-refractivity contribution >= 4 is 5.82 Å². The first-order chi connectivity index (χ1) is 12.9. The van der Waals surface area contributed by atoms with Crippen LogP contribution in [-0.4, -0.2) is 41.4 Å². The van der Waals surface area contributed by atoms with Crippen LogP contribution in [0.5, 0.6) is 0 Å². The number of benzene rings is 1. The lowest BCUT2D eigenvalue weighted by Gasteiger charge is -2.28. The topological polar surface area (TPSA) is 33.1 Å². The number of hydrogen-bond donors (Lipinski definition) is 1. The summed E-state index contributed by atoms with van der Waals surface area (Å²) in [5, 5.41) is 8.27. The fraction of sp³-hybridized carbons (Fsp3) is 0.550. The number of aromatic nitrogens is 2. The van der Waals surface area contributed by atoms with E-state index in [1.54, 1.807) is 10.7 Å². The Morgan fingerprint density at radius 1 is 1.15 bits per heavy atom. The van der Waals surface area contributed by atoms with Crippen LogP contribution in [0.3, 0.4) is 0 Å². The third-order valence-corrected chi connectivity index (χ3v) is 5.68. The van der Waals surface area contributed by atoms with Gasteiger partial charge in [0.15, 0.2) is 0 Å². The lowest BCUT2D eigenvalue weighted by atomic mass is 9.90. The van der Waals surface area contributed by atoms with Gasteiger partial charge in [-0.2, -0.15) is 18.3 Å². The summed E-state index contributed by atoms with van der Waals surface area (Å²) in [6.45, 7) is 2.89. The number of halogens is 3. The Hall–Kier alpha value is -2.02. The Morgan fingerprint density at radius 2 is 1.93 bits per heavy atom. The van der Waals surface area contributed by atoms with Crippen molar-refractivity contribution in [3.05, 3.63) is 41.1 Å². The zero-order valence-corrected chi connectivity index (χ0v) is 15.5. The Labute approximate surface area is 157 Å². The third kappa shape index (κ3) is 3.70. The molecule has 1 aromatic heterocycles. The van der Waals surface area contributed by atoms with E-state index in [0.29, 0.717) is 11.6 Å². The first-order valence-electron chi connectivity index (χ1n) is 9.65. The maximum atomic E-state index is 13.2. The highest BCUT2D eigenvalue weighted by atomic mass is 19.4. The summed E-state index contributed by atoms with van der Waals surface area (Å²) in [6.07, 6.45) is 0.802. The number of likely N-dealkylation sites (tertiary alicyclic amines) is 1. The van der Waals surface area contributed by atoms with Crippen LogP contribution in [0.15, 0.2) is 24.3 Å². The number of rotatable bonds is 2. The second-order valence-corrected chi connectivity index (χ2v) is 7.63. The van der Waals surface area contributed by atoms with Gasteiger partial charge in [0.05, 0.1) is 16.9 Å². The molecule has 3 heterocycles. The average molecular weight is 378 g/mol. The van der Waals surface area contributed by atoms with Crippen LogP contribution in [0, 0.1) is 0 Å². The van der Waals surface area contributed by atoms with Crippen molar-refractivity contribution in [2.45, 2.75) is 44.2 Å². The fourth-order valence-electron chi connectivity index (χ4n) is 4.14. The van der Waals surface area contributed by atoms with E-state index in [9.17, 15) is 13.2 Å². The Balaban J connectivity index is 1.77. The van der Waals surface area contributed by atoms with Gasteiger partial charge in [0, 0.05) is 18.0 Å². The number of alkyl halides is 3. The van der Waals surface area contributed by atoms with E-state index in [0.717, 1.165) is 69.3 Å². The predicted molar refractivity (Wildman–Crippen MR) is 99.5 cm³/mol. The first-order valence-corrected chi connectivity index (χ1v) is 9.65. The molecule has 2 aliphatic rings. The van der Waals surface area contributed by atoms with E-state index in [1.165, 1.54) is 17.7 Å². The highest BCUT2D eigenvalue weighted by Crippen LogP contribution is 2.37. The number of anilines is 1. The summed E-state index contributed by atoms with van der Waals surface area (Å²) in [7, 11) is 2.12. The van der Waals surface area contributed by atoms with E-state index in [4.69, 9.17) is 5.10 Å². The van der Waals surface area contributed by atoms with Crippen molar-refractivity contribution in [1.82, 2.24) is 14.7 Å². The molecule has 2 aromatic rings. The van der Waals surface area contributed by atoms with Crippen LogP contribution in [0.2, 0.25) is 0 Å². The molecular weight excluding hydrogens is 353 g/mol. The minimum Gasteiger partial charge on any atom is -0.370 e. The Kier molecular flexibility index (Phi) is 4.88. The van der Waals surface area contributed by atoms with E-state index in [-0.39, 0.29) is 0 Å². The molecule has 27 heavy (non-hydrogen) atoms. The highest BCUT2D eigenvalue weighted by molar-refractivity contribution is 5.55. The molecule has 1 aromatic carbocycles. The molecule has 0 spiro atoms. The quantitative estimate of drug-likeness (QED) is 0.838. The summed E-state index contributed by atoms with van der Waals surface area (Å²) in [6, 6.07) is 5.46. The fourth-order valence-corrected chi connectivity index (χ4v) is 4.14. The van der Waals surface area contributed by atoms with Crippen LogP contribution in [0.1, 0.15) is 48.4 Å². The molecule has 1 fully saturated rings. The molecule has 2 aliphatic heterocycles. The molecule has 4 nitrogen and oxygen atoms in total. The number of fused-ring (bicyclic) bond motifs is 1. The lowest BCUT2D eigenvalue weighted by molar-refractivity contribution is -0.137. The van der Waals surface area contributed by atoms with Crippen LogP contribution < -0.4 is 5.32 Å². The molecule has 0 bridgehead atoms. The first kappa shape index (κ1) is 18.3. The minimum atomic E-state index is -4.36. The van der Waals surface area contributed by atoms with E-state index < -0.39 is 11.7 Å². The number of nitrogens with zero attached hydrogens (tertiary/aromatic N) is 3. The van der Waals surface area contributed by atoms with Gasteiger partial charge < -0.3 is 10.2 Å². The third-order valence-electron chi connectivity index (χ3n) is 5.68. The van der Waals surface area contributed by atoms with Gasteiger partial charge in [-0.3, -0.25) is 0 Å². The molecule has 0 saturated carbocycles. The van der Waals surface area contributed by atoms with Gasteiger partial charge in [0.1, 0.15) is 5.82 Å². The second kappa shape index (κ2) is 7.19. The minimum absolute atomic E-state index is 0.377. The average Bonchev–Trinajstić information content (AvgIpc) is 2.83. The zero-order valence-electron chi connectivity index (χ0n) is 15.5. The normalized spacial score (nSPS) is 19.4. The molecular formula is C20H25F3N4. The van der Waals surface area contributed by atoms with Crippen LogP contribution in [0.4, 0.5) is 19.0 Å². The molecule has 1 saturated heterocycles. The van der Waals surface area contributed by atoms with Gasteiger partial charge in [0.2, 0.25) is 0 Å². The van der Waals surface area contributed by atoms with Crippen molar-refractivity contribution in [3.63, 3.8) is 0 Å². The Morgan fingerprint density at radius 3 is 2.67 bits per heavy atom.